The third-order valence-electron chi connectivity index (χ3n) is 3.33. The Labute approximate surface area is 109 Å². The van der Waals surface area contributed by atoms with Crippen LogP contribution in [0.3, 0.4) is 0 Å². The molecule has 0 saturated heterocycles. The summed E-state index contributed by atoms with van der Waals surface area (Å²) in [5, 5.41) is 16.8. The fourth-order valence-corrected chi connectivity index (χ4v) is 2.32. The van der Waals surface area contributed by atoms with Crippen LogP contribution in [0.4, 0.5) is 0 Å². The SMILES string of the molecule is Cc1ccc2cc(-c3[nH]ncc3C(=O)O)n(C)c2c1. The lowest BCUT2D eigenvalue weighted by Gasteiger charge is -2.03. The number of carboxylic acid groups (broad SMARTS) is 1. The number of hydrogen-bond donors (Lipinski definition) is 2. The molecule has 0 unspecified atom stereocenters. The quantitative estimate of drug-likeness (QED) is 0.739. The Morgan fingerprint density at radius 2 is 2.16 bits per heavy atom. The van der Waals surface area contributed by atoms with Crippen molar-refractivity contribution in [1.82, 2.24) is 14.8 Å². The van der Waals surface area contributed by atoms with E-state index >= 15 is 0 Å². The highest BCUT2D eigenvalue weighted by Crippen LogP contribution is 2.28. The van der Waals surface area contributed by atoms with Gasteiger partial charge < -0.3 is 9.67 Å². The topological polar surface area (TPSA) is 70.9 Å². The third-order valence-corrected chi connectivity index (χ3v) is 3.33. The van der Waals surface area contributed by atoms with Gasteiger partial charge >= 0.3 is 5.97 Å². The minimum absolute atomic E-state index is 0.183. The summed E-state index contributed by atoms with van der Waals surface area (Å²) in [6.45, 7) is 2.03. The number of nitrogens with zero attached hydrogens (tertiary/aromatic N) is 2. The molecule has 2 aromatic heterocycles. The molecule has 96 valence electrons. The largest absolute Gasteiger partial charge is 0.478 e. The van der Waals surface area contributed by atoms with Crippen LogP contribution in [0, 0.1) is 6.92 Å². The summed E-state index contributed by atoms with van der Waals surface area (Å²) in [7, 11) is 1.92. The Bertz CT molecular complexity index is 783. The maximum absolute atomic E-state index is 11.2. The average Bonchev–Trinajstić information content (AvgIpc) is 2.95. The molecule has 0 radical (unpaired) electrons. The molecule has 5 heteroatoms. The number of aromatic carboxylic acids is 1. The number of carboxylic acids is 1. The van der Waals surface area contributed by atoms with Crippen molar-refractivity contribution < 1.29 is 9.90 Å². The maximum atomic E-state index is 11.2. The molecule has 0 aliphatic carbocycles. The van der Waals surface area contributed by atoms with Gasteiger partial charge in [0.1, 0.15) is 5.56 Å². The van der Waals surface area contributed by atoms with E-state index < -0.39 is 5.97 Å². The van der Waals surface area contributed by atoms with Gasteiger partial charge in [0.15, 0.2) is 0 Å². The summed E-state index contributed by atoms with van der Waals surface area (Å²) in [5.41, 5.74) is 3.77. The zero-order valence-electron chi connectivity index (χ0n) is 10.6. The van der Waals surface area contributed by atoms with E-state index in [1.54, 1.807) is 0 Å². The van der Waals surface area contributed by atoms with E-state index in [1.807, 2.05) is 36.7 Å². The van der Waals surface area contributed by atoms with Gasteiger partial charge in [-0.15, -0.1) is 0 Å². The molecule has 1 aromatic carbocycles. The zero-order chi connectivity index (χ0) is 13.6. The maximum Gasteiger partial charge on any atom is 0.339 e. The van der Waals surface area contributed by atoms with Crippen molar-refractivity contribution in [2.75, 3.05) is 0 Å². The number of nitrogens with one attached hydrogen (secondary N) is 1. The van der Waals surface area contributed by atoms with Crippen LogP contribution in [0.5, 0.6) is 0 Å². The third kappa shape index (κ3) is 1.71. The van der Waals surface area contributed by atoms with Crippen molar-refractivity contribution in [2.24, 2.45) is 7.05 Å². The highest BCUT2D eigenvalue weighted by molar-refractivity contribution is 5.96. The molecule has 0 fully saturated rings. The molecule has 0 atom stereocenters. The van der Waals surface area contributed by atoms with Gasteiger partial charge in [0.25, 0.3) is 0 Å². The molecule has 0 saturated carbocycles. The van der Waals surface area contributed by atoms with Gasteiger partial charge in [-0.2, -0.15) is 5.10 Å². The summed E-state index contributed by atoms with van der Waals surface area (Å²) in [5.74, 6) is -0.981. The first-order valence-corrected chi connectivity index (χ1v) is 5.91. The van der Waals surface area contributed by atoms with Gasteiger partial charge in [-0.3, -0.25) is 5.10 Å². The van der Waals surface area contributed by atoms with Gasteiger partial charge in [-0.05, 0) is 24.6 Å². The second kappa shape index (κ2) is 3.98. The van der Waals surface area contributed by atoms with Crippen LogP contribution in [0.1, 0.15) is 15.9 Å². The van der Waals surface area contributed by atoms with E-state index in [2.05, 4.69) is 16.3 Å². The molecule has 0 aliphatic heterocycles. The highest BCUT2D eigenvalue weighted by Gasteiger charge is 2.17. The normalized spacial score (nSPS) is 11.1. The fourth-order valence-electron chi connectivity index (χ4n) is 2.32. The van der Waals surface area contributed by atoms with Crippen molar-refractivity contribution in [3.05, 3.63) is 41.6 Å². The number of rotatable bonds is 2. The minimum Gasteiger partial charge on any atom is -0.478 e. The smallest absolute Gasteiger partial charge is 0.339 e. The molecule has 2 N–H and O–H groups in total. The minimum atomic E-state index is -0.981. The number of aromatic nitrogens is 3. The number of fused-ring (bicyclic) bond motifs is 1. The molecule has 0 amide bonds. The Hall–Kier alpha value is -2.56. The summed E-state index contributed by atoms with van der Waals surface area (Å²) in [6, 6.07) is 8.12. The van der Waals surface area contributed by atoms with Crippen molar-refractivity contribution in [1.29, 1.82) is 0 Å². The first-order chi connectivity index (χ1) is 9.08. The number of aryl methyl sites for hydroxylation is 2. The van der Waals surface area contributed by atoms with Crippen LogP contribution in [0.15, 0.2) is 30.5 Å². The molecular weight excluding hydrogens is 242 g/mol. The van der Waals surface area contributed by atoms with Crippen molar-refractivity contribution in [3.8, 4) is 11.4 Å². The van der Waals surface area contributed by atoms with E-state index in [9.17, 15) is 4.79 Å². The zero-order valence-corrected chi connectivity index (χ0v) is 10.6. The van der Waals surface area contributed by atoms with Crippen molar-refractivity contribution >= 4 is 16.9 Å². The van der Waals surface area contributed by atoms with Crippen LogP contribution >= 0.6 is 0 Å². The van der Waals surface area contributed by atoms with E-state index in [1.165, 1.54) is 11.8 Å². The fraction of sp³-hybridized carbons (Fsp3) is 0.143. The summed E-state index contributed by atoms with van der Waals surface area (Å²) in [4.78, 5) is 11.2. The predicted molar refractivity (Wildman–Crippen MR) is 72.2 cm³/mol. The Morgan fingerprint density at radius 3 is 2.89 bits per heavy atom. The van der Waals surface area contributed by atoms with Gasteiger partial charge in [0, 0.05) is 18.0 Å². The summed E-state index contributed by atoms with van der Waals surface area (Å²) < 4.78 is 1.97. The standard InChI is InChI=1S/C14H13N3O2/c1-8-3-4-9-6-12(17(2)11(9)5-8)13-10(14(18)19)7-15-16-13/h3-7H,1-2H3,(H,15,16)(H,18,19). The molecule has 0 spiro atoms. The molecule has 0 aliphatic rings. The van der Waals surface area contributed by atoms with Gasteiger partial charge in [0.2, 0.25) is 0 Å². The van der Waals surface area contributed by atoms with Crippen LogP contribution < -0.4 is 0 Å². The lowest BCUT2D eigenvalue weighted by molar-refractivity contribution is 0.0698. The Kier molecular flexibility index (Phi) is 2.41. The van der Waals surface area contributed by atoms with E-state index in [0.717, 1.165) is 16.6 Å². The van der Waals surface area contributed by atoms with Crippen LogP contribution in [0.25, 0.3) is 22.3 Å². The Balaban J connectivity index is 2.28. The first-order valence-electron chi connectivity index (χ1n) is 5.91. The summed E-state index contributed by atoms with van der Waals surface area (Å²) in [6.07, 6.45) is 1.33. The van der Waals surface area contributed by atoms with Gasteiger partial charge in [-0.25, -0.2) is 4.79 Å². The van der Waals surface area contributed by atoms with E-state index in [-0.39, 0.29) is 5.56 Å². The Morgan fingerprint density at radius 1 is 1.37 bits per heavy atom. The lowest BCUT2D eigenvalue weighted by Crippen LogP contribution is -1.99. The summed E-state index contributed by atoms with van der Waals surface area (Å²) >= 11 is 0. The number of benzene rings is 1. The molecule has 2 heterocycles. The molecule has 19 heavy (non-hydrogen) atoms. The number of hydrogen-bond acceptors (Lipinski definition) is 2. The molecule has 0 bridgehead atoms. The van der Waals surface area contributed by atoms with E-state index in [0.29, 0.717) is 5.69 Å². The number of H-pyrrole nitrogens is 1. The van der Waals surface area contributed by atoms with Gasteiger partial charge in [-0.1, -0.05) is 12.1 Å². The predicted octanol–water partition coefficient (Wildman–Crippen LogP) is 2.58. The van der Waals surface area contributed by atoms with Gasteiger partial charge in [0.05, 0.1) is 17.6 Å². The second-order valence-electron chi connectivity index (χ2n) is 4.61. The van der Waals surface area contributed by atoms with E-state index in [4.69, 9.17) is 5.11 Å². The molecule has 3 aromatic rings. The van der Waals surface area contributed by atoms with Crippen molar-refractivity contribution in [3.63, 3.8) is 0 Å². The lowest BCUT2D eigenvalue weighted by atomic mass is 10.1. The average molecular weight is 255 g/mol. The molecule has 5 nitrogen and oxygen atoms in total. The molecular formula is C14H13N3O2. The van der Waals surface area contributed by atoms with Crippen LogP contribution in [-0.4, -0.2) is 25.8 Å². The highest BCUT2D eigenvalue weighted by atomic mass is 16.4. The molecule has 3 rings (SSSR count). The first kappa shape index (κ1) is 11.5. The van der Waals surface area contributed by atoms with Crippen molar-refractivity contribution in [2.45, 2.75) is 6.92 Å². The van der Waals surface area contributed by atoms with Crippen LogP contribution in [-0.2, 0) is 7.05 Å². The monoisotopic (exact) mass is 255 g/mol. The number of aromatic amines is 1. The second-order valence-corrected chi connectivity index (χ2v) is 4.61. The van der Waals surface area contributed by atoms with Crippen LogP contribution in [0.2, 0.25) is 0 Å². The number of carbonyl (C=O) groups is 1.